The number of nitrogens with zero attached hydrogens (tertiary/aromatic N) is 2. The third-order valence-electron chi connectivity index (χ3n) is 3.56. The van der Waals surface area contributed by atoms with Crippen LogP contribution in [-0.4, -0.2) is 20.6 Å². The van der Waals surface area contributed by atoms with Gasteiger partial charge in [-0.05, 0) is 18.2 Å². The molecule has 0 amide bonds. The lowest BCUT2D eigenvalue weighted by molar-refractivity contribution is -0.350. The largest absolute Gasteiger partial charge is 0.331 e. The van der Waals surface area contributed by atoms with E-state index >= 15 is 0 Å². The maximum absolute atomic E-state index is 12.6. The number of carbonyl (C=O) groups excluding carboxylic acids is 1. The van der Waals surface area contributed by atoms with Crippen LogP contribution in [0.1, 0.15) is 16.1 Å². The summed E-state index contributed by atoms with van der Waals surface area (Å²) in [6, 6.07) is 4.67. The summed E-state index contributed by atoms with van der Waals surface area (Å²) in [6.07, 6.45) is 0. The molecule has 0 aliphatic carbocycles. The van der Waals surface area contributed by atoms with Gasteiger partial charge in [0.2, 0.25) is 0 Å². The topological polar surface area (TPSA) is 75.0 Å². The second-order valence-electron chi connectivity index (χ2n) is 4.88. The Morgan fingerprint density at radius 1 is 1.05 bits per heavy atom. The van der Waals surface area contributed by atoms with Gasteiger partial charge in [-0.3, -0.25) is 18.7 Å². The Kier molecular flexibility index (Phi) is 3.30. The van der Waals surface area contributed by atoms with Crippen LogP contribution < -0.4 is 16.2 Å². The van der Waals surface area contributed by atoms with Crippen LogP contribution in [0.15, 0.2) is 27.8 Å². The Labute approximate surface area is 134 Å². The molecule has 0 spiro atoms. The van der Waals surface area contributed by atoms with Crippen molar-refractivity contribution >= 4 is 40.4 Å². The summed E-state index contributed by atoms with van der Waals surface area (Å²) >= 11 is 12.0. The second-order valence-corrected chi connectivity index (χ2v) is 5.73. The first-order chi connectivity index (χ1) is 10.3. The van der Waals surface area contributed by atoms with Gasteiger partial charge in [0.25, 0.3) is 17.2 Å². The number of Topliss-reactive ketones (excluding diaryl/α,β-unsaturated/α-hetero) is 1. The number of rotatable bonds is 1. The molecular weight excluding hydrogens is 329 g/mol. The minimum absolute atomic E-state index is 0.0223. The quantitative estimate of drug-likeness (QED) is 0.781. The molecular formula is C14H10Cl2N3O3+. The summed E-state index contributed by atoms with van der Waals surface area (Å²) in [5.74, 6) is -0.462. The molecule has 0 saturated heterocycles. The predicted molar refractivity (Wildman–Crippen MR) is 82.4 cm³/mol. The molecule has 112 valence electrons. The van der Waals surface area contributed by atoms with Crippen molar-refractivity contribution in [1.29, 1.82) is 0 Å². The monoisotopic (exact) mass is 338 g/mol. The number of hydrogen-bond acceptors (Lipinski definition) is 3. The zero-order valence-electron chi connectivity index (χ0n) is 11.6. The van der Waals surface area contributed by atoms with Crippen LogP contribution in [0.4, 0.5) is 5.69 Å². The number of hydrogen-bond donors (Lipinski definition) is 1. The van der Waals surface area contributed by atoms with E-state index in [1.165, 1.54) is 20.2 Å². The van der Waals surface area contributed by atoms with Crippen molar-refractivity contribution in [3.8, 4) is 0 Å². The standard InChI is InChI=1S/C14H9Cl2N3O3/c1-18-11-10(13(21)19(2)14(18)22)17-9(12(11)20)7-4-3-6(15)5-8(7)16/h3-5H,1-2H3/p+1. The van der Waals surface area contributed by atoms with Gasteiger partial charge in [-0.1, -0.05) is 23.2 Å². The van der Waals surface area contributed by atoms with E-state index in [0.29, 0.717) is 10.6 Å². The molecule has 1 aromatic carbocycles. The van der Waals surface area contributed by atoms with Crippen molar-refractivity contribution in [2.24, 2.45) is 14.1 Å². The molecule has 6 nitrogen and oxygen atoms in total. The zero-order valence-corrected chi connectivity index (χ0v) is 13.1. The van der Waals surface area contributed by atoms with Crippen LogP contribution in [0.5, 0.6) is 0 Å². The maximum atomic E-state index is 12.6. The summed E-state index contributed by atoms with van der Waals surface area (Å²) in [4.78, 5) is 39.5. The molecule has 1 aromatic heterocycles. The highest BCUT2D eigenvalue weighted by molar-refractivity contribution is 6.53. The minimum Gasteiger partial charge on any atom is -0.287 e. The van der Waals surface area contributed by atoms with E-state index in [0.717, 1.165) is 9.13 Å². The fourth-order valence-corrected chi connectivity index (χ4v) is 2.91. The lowest BCUT2D eigenvalue weighted by Crippen LogP contribution is -2.68. The summed E-state index contributed by atoms with van der Waals surface area (Å²) in [5.41, 5.74) is -0.477. The zero-order chi connectivity index (χ0) is 16.2. The summed E-state index contributed by atoms with van der Waals surface area (Å²) < 4.78 is 2.08. The molecule has 2 aromatic rings. The van der Waals surface area contributed by atoms with Crippen molar-refractivity contribution in [1.82, 2.24) is 9.13 Å². The van der Waals surface area contributed by atoms with Crippen LogP contribution in [0.25, 0.3) is 0 Å². The number of benzene rings is 1. The Balaban J connectivity index is 2.30. The van der Waals surface area contributed by atoms with Crippen molar-refractivity contribution in [3.05, 3.63) is 60.3 Å². The van der Waals surface area contributed by atoms with Crippen LogP contribution >= 0.6 is 23.2 Å². The van der Waals surface area contributed by atoms with Gasteiger partial charge in [-0.15, -0.1) is 0 Å². The molecule has 1 aliphatic rings. The molecule has 2 heterocycles. The minimum atomic E-state index is -0.567. The first kappa shape index (κ1) is 14.7. The maximum Gasteiger partial charge on any atom is 0.331 e. The third-order valence-corrected chi connectivity index (χ3v) is 4.10. The first-order valence-corrected chi connectivity index (χ1v) is 7.02. The molecule has 0 atom stereocenters. The second kappa shape index (κ2) is 4.93. The number of carbonyl (C=O) groups is 1. The molecule has 0 bridgehead atoms. The molecule has 0 radical (unpaired) electrons. The third kappa shape index (κ3) is 1.95. The number of nitrogens with one attached hydrogen (secondary N) is 1. The van der Waals surface area contributed by atoms with Crippen molar-refractivity contribution in [2.75, 3.05) is 0 Å². The highest BCUT2D eigenvalue weighted by Gasteiger charge is 2.39. The lowest BCUT2D eigenvalue weighted by atomic mass is 10.1. The van der Waals surface area contributed by atoms with Crippen LogP contribution in [0, 0.1) is 0 Å². The Bertz CT molecular complexity index is 986. The Morgan fingerprint density at radius 3 is 2.36 bits per heavy atom. The molecule has 8 heteroatoms. The van der Waals surface area contributed by atoms with Gasteiger partial charge in [0.15, 0.2) is 5.69 Å². The summed E-state index contributed by atoms with van der Waals surface area (Å²) in [6.45, 7) is 0. The number of ketones is 1. The number of fused-ring (bicyclic) bond motifs is 1. The van der Waals surface area contributed by atoms with Crippen molar-refractivity contribution in [3.63, 3.8) is 0 Å². The summed E-state index contributed by atoms with van der Waals surface area (Å²) in [7, 11) is 2.79. The Hall–Kier alpha value is -2.18. The van der Waals surface area contributed by atoms with E-state index in [1.54, 1.807) is 12.1 Å². The lowest BCUT2D eigenvalue weighted by Gasteiger charge is -2.03. The molecule has 0 unspecified atom stereocenters. The van der Waals surface area contributed by atoms with E-state index < -0.39 is 17.0 Å². The molecule has 0 fully saturated rings. The predicted octanol–water partition coefficient (Wildman–Crippen LogP) is -0.211. The van der Waals surface area contributed by atoms with Gasteiger partial charge in [0.05, 0.1) is 10.6 Å². The number of halogens is 2. The van der Waals surface area contributed by atoms with E-state index in [9.17, 15) is 14.4 Å². The van der Waals surface area contributed by atoms with Gasteiger partial charge in [-0.25, -0.2) is 4.79 Å². The molecule has 1 aliphatic heterocycles. The molecule has 22 heavy (non-hydrogen) atoms. The van der Waals surface area contributed by atoms with Crippen LogP contribution in [-0.2, 0) is 14.1 Å². The smallest absolute Gasteiger partial charge is 0.287 e. The fraction of sp³-hybridized carbons (Fsp3) is 0.143. The summed E-state index contributed by atoms with van der Waals surface area (Å²) in [5, 5.41) is 0.707. The molecule has 3 rings (SSSR count). The highest BCUT2D eigenvalue weighted by Crippen LogP contribution is 2.23. The molecule has 0 saturated carbocycles. The average Bonchev–Trinajstić information content (AvgIpc) is 2.81. The van der Waals surface area contributed by atoms with Crippen LogP contribution in [0.3, 0.4) is 0 Å². The van der Waals surface area contributed by atoms with Crippen LogP contribution in [0.2, 0.25) is 10.0 Å². The van der Waals surface area contributed by atoms with E-state index in [2.05, 4.69) is 4.99 Å². The van der Waals surface area contributed by atoms with Gasteiger partial charge >= 0.3 is 11.2 Å². The SMILES string of the molecule is Cn1c2c(c(=O)n(C)c1=O)[NH+]=C(c1ccc(Cl)cc1Cl)C2=O. The fourth-order valence-electron chi connectivity index (χ4n) is 2.40. The van der Waals surface area contributed by atoms with E-state index in [-0.39, 0.29) is 22.1 Å². The van der Waals surface area contributed by atoms with Gasteiger partial charge < -0.3 is 0 Å². The normalized spacial score (nSPS) is 13.3. The van der Waals surface area contributed by atoms with Gasteiger partial charge in [0, 0.05) is 19.1 Å². The first-order valence-electron chi connectivity index (χ1n) is 6.27. The van der Waals surface area contributed by atoms with Crippen molar-refractivity contribution in [2.45, 2.75) is 0 Å². The average molecular weight is 339 g/mol. The van der Waals surface area contributed by atoms with Crippen molar-refractivity contribution < 1.29 is 9.79 Å². The number of aromatic nitrogens is 2. The highest BCUT2D eigenvalue weighted by atomic mass is 35.5. The van der Waals surface area contributed by atoms with Gasteiger partial charge in [0.1, 0.15) is 0 Å². The van der Waals surface area contributed by atoms with Gasteiger partial charge in [-0.2, -0.15) is 4.99 Å². The Morgan fingerprint density at radius 2 is 1.73 bits per heavy atom. The molecule has 1 N–H and O–H groups in total. The van der Waals surface area contributed by atoms with E-state index in [4.69, 9.17) is 23.2 Å². The van der Waals surface area contributed by atoms with E-state index in [1.807, 2.05) is 0 Å².